The molecule has 88 valence electrons. The average Bonchev–Trinajstić information content (AvgIpc) is 2.24. The van der Waals surface area contributed by atoms with Crippen LogP contribution in [0.4, 0.5) is 0 Å². The summed E-state index contributed by atoms with van der Waals surface area (Å²) in [5.74, 6) is 0.653. The molecule has 0 aromatic heterocycles. The van der Waals surface area contributed by atoms with Crippen LogP contribution in [0.5, 0.6) is 0 Å². The van der Waals surface area contributed by atoms with Crippen LogP contribution in [0.3, 0.4) is 0 Å². The molecule has 0 saturated heterocycles. The van der Waals surface area contributed by atoms with Gasteiger partial charge < -0.3 is 10.2 Å². The van der Waals surface area contributed by atoms with Crippen LogP contribution in [0.25, 0.3) is 0 Å². The molecule has 1 aromatic rings. The van der Waals surface area contributed by atoms with Crippen LogP contribution >= 0.6 is 0 Å². The Kier molecular flexibility index (Phi) is 3.97. The van der Waals surface area contributed by atoms with Crippen LogP contribution < -0.4 is 0 Å². The third-order valence-electron chi connectivity index (χ3n) is 3.54. The van der Waals surface area contributed by atoms with E-state index >= 15 is 0 Å². The van der Waals surface area contributed by atoms with Crippen LogP contribution in [0, 0.1) is 0 Å². The second kappa shape index (κ2) is 5.46. The molecule has 0 radical (unpaired) electrons. The third-order valence-corrected chi connectivity index (χ3v) is 3.54. The quantitative estimate of drug-likeness (QED) is 0.801. The van der Waals surface area contributed by atoms with E-state index in [1.165, 1.54) is 24.8 Å². The maximum Gasteiger partial charge on any atom is 0.0793 e. The summed E-state index contributed by atoms with van der Waals surface area (Å²) >= 11 is 0. The predicted octanol–water partition coefficient (Wildman–Crippen LogP) is 2.76. The molecular formula is C14H20O2. The fourth-order valence-corrected chi connectivity index (χ4v) is 2.35. The maximum absolute atomic E-state index is 10.1. The molecule has 1 aliphatic carbocycles. The molecule has 2 N–H and O–H groups in total. The predicted molar refractivity (Wildman–Crippen MR) is 64.3 cm³/mol. The van der Waals surface area contributed by atoms with Crippen LogP contribution in [0.2, 0.25) is 0 Å². The van der Waals surface area contributed by atoms with Crippen LogP contribution in [0.15, 0.2) is 24.3 Å². The molecule has 0 amide bonds. The van der Waals surface area contributed by atoms with Crippen molar-refractivity contribution in [2.75, 3.05) is 6.61 Å². The first kappa shape index (κ1) is 11.6. The molecule has 0 bridgehead atoms. The van der Waals surface area contributed by atoms with E-state index in [0.717, 1.165) is 5.56 Å². The summed E-state index contributed by atoms with van der Waals surface area (Å²) in [6.45, 7) is 0.155. The summed E-state index contributed by atoms with van der Waals surface area (Å²) in [5, 5.41) is 18.9. The fourth-order valence-electron chi connectivity index (χ4n) is 2.35. The summed E-state index contributed by atoms with van der Waals surface area (Å²) in [4.78, 5) is 0. The monoisotopic (exact) mass is 220 g/mol. The number of hydrogen-bond donors (Lipinski definition) is 2. The summed E-state index contributed by atoms with van der Waals surface area (Å²) in [7, 11) is 0. The topological polar surface area (TPSA) is 40.5 Å². The van der Waals surface area contributed by atoms with Crippen molar-refractivity contribution in [3.8, 4) is 0 Å². The van der Waals surface area contributed by atoms with Crippen molar-refractivity contribution in [2.45, 2.75) is 44.1 Å². The van der Waals surface area contributed by atoms with Gasteiger partial charge in [-0.2, -0.15) is 0 Å². The minimum atomic E-state index is -0.413. The van der Waals surface area contributed by atoms with Gasteiger partial charge in [-0.1, -0.05) is 30.7 Å². The van der Waals surface area contributed by atoms with Gasteiger partial charge in [-0.15, -0.1) is 0 Å². The van der Waals surface area contributed by atoms with Gasteiger partial charge in [-0.3, -0.25) is 0 Å². The molecule has 1 atom stereocenters. The summed E-state index contributed by atoms with van der Waals surface area (Å²) in [6, 6.07) is 8.20. The highest BCUT2D eigenvalue weighted by molar-refractivity contribution is 5.33. The van der Waals surface area contributed by atoms with E-state index in [9.17, 15) is 5.11 Å². The molecule has 1 unspecified atom stereocenters. The number of benzene rings is 1. The molecular weight excluding hydrogens is 200 g/mol. The molecule has 0 spiro atoms. The van der Waals surface area contributed by atoms with Crippen molar-refractivity contribution < 1.29 is 10.2 Å². The summed E-state index contributed by atoms with van der Waals surface area (Å²) < 4.78 is 0. The fraction of sp³-hybridized carbons (Fsp3) is 0.571. The van der Waals surface area contributed by atoms with Crippen molar-refractivity contribution in [3.05, 3.63) is 35.4 Å². The van der Waals surface area contributed by atoms with E-state index in [-0.39, 0.29) is 6.61 Å². The van der Waals surface area contributed by atoms with Crippen molar-refractivity contribution in [1.82, 2.24) is 0 Å². The van der Waals surface area contributed by atoms with Gasteiger partial charge in [0.05, 0.1) is 6.10 Å². The minimum absolute atomic E-state index is 0.155. The van der Waals surface area contributed by atoms with Gasteiger partial charge in [0.1, 0.15) is 0 Å². The second-order valence-electron chi connectivity index (χ2n) is 4.64. The Morgan fingerprint density at radius 3 is 2.62 bits per heavy atom. The lowest BCUT2D eigenvalue weighted by molar-refractivity contribution is 0.149. The Morgan fingerprint density at radius 1 is 1.25 bits per heavy atom. The van der Waals surface area contributed by atoms with Crippen molar-refractivity contribution in [3.63, 3.8) is 0 Å². The van der Waals surface area contributed by atoms with Gasteiger partial charge in [-0.25, -0.2) is 0 Å². The number of hydrogen-bond acceptors (Lipinski definition) is 2. The van der Waals surface area contributed by atoms with Gasteiger partial charge in [0.2, 0.25) is 0 Å². The zero-order valence-electron chi connectivity index (χ0n) is 9.60. The first-order valence-corrected chi connectivity index (χ1v) is 6.20. The molecule has 1 aliphatic rings. The molecule has 2 rings (SSSR count). The Morgan fingerprint density at radius 2 is 2.00 bits per heavy atom. The van der Waals surface area contributed by atoms with E-state index < -0.39 is 6.10 Å². The zero-order chi connectivity index (χ0) is 11.4. The van der Waals surface area contributed by atoms with Crippen molar-refractivity contribution >= 4 is 0 Å². The van der Waals surface area contributed by atoms with Gasteiger partial charge in [0.15, 0.2) is 0 Å². The maximum atomic E-state index is 10.1. The second-order valence-corrected chi connectivity index (χ2v) is 4.64. The SMILES string of the molecule is OCCCC(O)c1ccccc1C1CCC1. The van der Waals surface area contributed by atoms with Crippen molar-refractivity contribution in [1.29, 1.82) is 0 Å². The lowest BCUT2D eigenvalue weighted by atomic mass is 9.77. The molecule has 1 aromatic carbocycles. The lowest BCUT2D eigenvalue weighted by Crippen LogP contribution is -2.13. The Hall–Kier alpha value is -0.860. The smallest absolute Gasteiger partial charge is 0.0793 e. The third kappa shape index (κ3) is 2.45. The van der Waals surface area contributed by atoms with E-state index in [1.54, 1.807) is 0 Å². The highest BCUT2D eigenvalue weighted by atomic mass is 16.3. The highest BCUT2D eigenvalue weighted by Crippen LogP contribution is 2.39. The number of aliphatic hydroxyl groups is 2. The van der Waals surface area contributed by atoms with E-state index in [4.69, 9.17) is 5.11 Å². The van der Waals surface area contributed by atoms with Gasteiger partial charge in [-0.05, 0) is 42.7 Å². The van der Waals surface area contributed by atoms with Crippen LogP contribution in [-0.2, 0) is 0 Å². The number of rotatable bonds is 5. The number of aliphatic hydroxyl groups excluding tert-OH is 2. The Balaban J connectivity index is 2.11. The van der Waals surface area contributed by atoms with E-state index in [0.29, 0.717) is 18.8 Å². The molecule has 2 heteroatoms. The lowest BCUT2D eigenvalue weighted by Gasteiger charge is -2.29. The Labute approximate surface area is 96.9 Å². The van der Waals surface area contributed by atoms with Crippen molar-refractivity contribution in [2.24, 2.45) is 0 Å². The van der Waals surface area contributed by atoms with Crippen LogP contribution in [0.1, 0.15) is 55.3 Å². The molecule has 1 fully saturated rings. The minimum Gasteiger partial charge on any atom is -0.396 e. The summed E-state index contributed by atoms with van der Waals surface area (Å²) in [6.07, 6.45) is 4.73. The van der Waals surface area contributed by atoms with E-state index in [1.807, 2.05) is 12.1 Å². The average molecular weight is 220 g/mol. The first-order chi connectivity index (χ1) is 7.83. The van der Waals surface area contributed by atoms with Crippen LogP contribution in [-0.4, -0.2) is 16.8 Å². The zero-order valence-corrected chi connectivity index (χ0v) is 9.60. The van der Waals surface area contributed by atoms with E-state index in [2.05, 4.69) is 12.1 Å². The highest BCUT2D eigenvalue weighted by Gasteiger charge is 2.23. The molecule has 16 heavy (non-hydrogen) atoms. The molecule has 1 saturated carbocycles. The van der Waals surface area contributed by atoms with Gasteiger partial charge >= 0.3 is 0 Å². The molecule has 2 nitrogen and oxygen atoms in total. The Bertz CT molecular complexity index is 331. The van der Waals surface area contributed by atoms with Gasteiger partial charge in [0, 0.05) is 6.61 Å². The largest absolute Gasteiger partial charge is 0.396 e. The van der Waals surface area contributed by atoms with Gasteiger partial charge in [0.25, 0.3) is 0 Å². The summed E-state index contributed by atoms with van der Waals surface area (Å²) in [5.41, 5.74) is 2.39. The molecule has 0 aliphatic heterocycles. The standard InChI is InChI=1S/C14H20O2/c15-10-4-9-14(16)13-8-2-1-7-12(13)11-5-3-6-11/h1-2,7-8,11,14-16H,3-6,9-10H2. The first-order valence-electron chi connectivity index (χ1n) is 6.20. The molecule has 0 heterocycles. The normalized spacial score (nSPS) is 18.1.